The lowest BCUT2D eigenvalue weighted by molar-refractivity contribution is -0.140. The topological polar surface area (TPSA) is 92.2 Å². The van der Waals surface area contributed by atoms with Crippen molar-refractivity contribution in [2.24, 2.45) is 0 Å². The number of aliphatic hydroxyl groups is 1. The van der Waals surface area contributed by atoms with Gasteiger partial charge in [-0.25, -0.2) is 4.39 Å². The van der Waals surface area contributed by atoms with Gasteiger partial charge in [-0.1, -0.05) is 6.07 Å². The molecule has 1 N–H and O–H groups in total. The molecule has 174 valence electrons. The van der Waals surface area contributed by atoms with Crippen molar-refractivity contribution in [3.05, 3.63) is 65.2 Å². The smallest absolute Gasteiger partial charge is 0.295 e. The number of Topliss-reactive ketones (excluding diaryl/α,β-unsaturated/α-hetero) is 1. The second-order valence-corrected chi connectivity index (χ2v) is 7.93. The maximum Gasteiger partial charge on any atom is 0.295 e. The highest BCUT2D eigenvalue weighted by Gasteiger charge is 2.46. The predicted octanol–water partition coefficient (Wildman–Crippen LogP) is 2.37. The molecule has 9 heteroatoms. The normalized spacial score (nSPS) is 20.9. The molecule has 2 aromatic rings. The summed E-state index contributed by atoms with van der Waals surface area (Å²) in [4.78, 5) is 33.9. The lowest BCUT2D eigenvalue weighted by Crippen LogP contribution is -2.39. The lowest BCUT2D eigenvalue weighted by atomic mass is 9.96. The highest BCUT2D eigenvalue weighted by molar-refractivity contribution is 6.46. The van der Waals surface area contributed by atoms with E-state index in [1.807, 2.05) is 0 Å². The Kier molecular flexibility index (Phi) is 7.00. The van der Waals surface area contributed by atoms with Crippen molar-refractivity contribution in [3.63, 3.8) is 0 Å². The van der Waals surface area contributed by atoms with Crippen LogP contribution in [0.5, 0.6) is 5.75 Å². The van der Waals surface area contributed by atoms with E-state index in [4.69, 9.17) is 9.47 Å². The van der Waals surface area contributed by atoms with Crippen LogP contribution < -0.4 is 4.74 Å². The summed E-state index contributed by atoms with van der Waals surface area (Å²) in [5.41, 5.74) is 0.487. The summed E-state index contributed by atoms with van der Waals surface area (Å²) in [6, 6.07) is 6.25. The van der Waals surface area contributed by atoms with Crippen LogP contribution in [0, 0.1) is 5.82 Å². The first-order valence-electron chi connectivity index (χ1n) is 10.8. The number of likely N-dealkylation sites (tertiary alicyclic amines) is 1. The number of carbonyl (C=O) groups is 2. The summed E-state index contributed by atoms with van der Waals surface area (Å²) in [6.45, 7) is 4.07. The second-order valence-electron chi connectivity index (χ2n) is 7.93. The number of aliphatic hydroxyl groups excluding tert-OH is 1. The fourth-order valence-electron chi connectivity index (χ4n) is 4.29. The predicted molar refractivity (Wildman–Crippen MR) is 118 cm³/mol. The van der Waals surface area contributed by atoms with Crippen LogP contribution >= 0.6 is 0 Å². The Balaban J connectivity index is 1.70. The minimum Gasteiger partial charge on any atom is -0.507 e. The molecule has 0 saturated carbocycles. The molecule has 1 aromatic carbocycles. The van der Waals surface area contributed by atoms with Crippen LogP contribution in [-0.4, -0.2) is 78.1 Å². The molecule has 0 bridgehead atoms. The first-order valence-corrected chi connectivity index (χ1v) is 10.8. The number of rotatable bonds is 7. The third-order valence-corrected chi connectivity index (χ3v) is 5.93. The molecule has 2 fully saturated rings. The number of carbonyl (C=O) groups excluding carboxylic acids is 2. The number of benzene rings is 1. The molecule has 2 aliphatic rings. The van der Waals surface area contributed by atoms with Crippen molar-refractivity contribution in [2.75, 3.05) is 46.5 Å². The Bertz CT molecular complexity index is 1050. The summed E-state index contributed by atoms with van der Waals surface area (Å²) in [5.74, 6) is -2.41. The van der Waals surface area contributed by atoms with E-state index in [1.165, 1.54) is 24.1 Å². The van der Waals surface area contributed by atoms with Gasteiger partial charge in [0.1, 0.15) is 17.3 Å². The van der Waals surface area contributed by atoms with Gasteiger partial charge in [0.05, 0.1) is 37.5 Å². The largest absolute Gasteiger partial charge is 0.507 e. The van der Waals surface area contributed by atoms with Gasteiger partial charge in [0.15, 0.2) is 0 Å². The molecule has 1 atom stereocenters. The fraction of sp³-hybridized carbons (Fsp3) is 0.375. The summed E-state index contributed by atoms with van der Waals surface area (Å²) in [5, 5.41) is 11.1. The zero-order valence-corrected chi connectivity index (χ0v) is 18.4. The van der Waals surface area contributed by atoms with Crippen LogP contribution in [0.25, 0.3) is 5.76 Å². The van der Waals surface area contributed by atoms with Crippen molar-refractivity contribution < 1.29 is 28.6 Å². The van der Waals surface area contributed by atoms with Crippen LogP contribution in [-0.2, 0) is 14.3 Å². The lowest BCUT2D eigenvalue weighted by Gasteiger charge is -2.29. The number of hydrogen-bond donors (Lipinski definition) is 1. The molecule has 4 rings (SSSR count). The van der Waals surface area contributed by atoms with E-state index < -0.39 is 29.3 Å². The zero-order valence-electron chi connectivity index (χ0n) is 18.4. The van der Waals surface area contributed by atoms with Gasteiger partial charge in [-0.15, -0.1) is 0 Å². The van der Waals surface area contributed by atoms with Gasteiger partial charge in [-0.3, -0.25) is 19.5 Å². The minimum absolute atomic E-state index is 0.0118. The molecule has 3 heterocycles. The molecule has 8 nitrogen and oxygen atoms in total. The molecule has 1 aromatic heterocycles. The van der Waals surface area contributed by atoms with E-state index in [-0.39, 0.29) is 16.9 Å². The Hall–Kier alpha value is -3.30. The van der Waals surface area contributed by atoms with Crippen molar-refractivity contribution in [3.8, 4) is 5.75 Å². The van der Waals surface area contributed by atoms with Crippen LogP contribution in [0.3, 0.4) is 0 Å². The van der Waals surface area contributed by atoms with Gasteiger partial charge in [-0.05, 0) is 36.2 Å². The number of ketones is 1. The van der Waals surface area contributed by atoms with Crippen LogP contribution in [0.4, 0.5) is 4.39 Å². The van der Waals surface area contributed by atoms with Crippen molar-refractivity contribution in [2.45, 2.75) is 12.5 Å². The Labute approximate surface area is 191 Å². The summed E-state index contributed by atoms with van der Waals surface area (Å²) in [6.07, 6.45) is 3.79. The molecule has 0 aliphatic carbocycles. The van der Waals surface area contributed by atoms with Gasteiger partial charge in [0.2, 0.25) is 0 Å². The minimum atomic E-state index is -0.837. The average Bonchev–Trinajstić information content (AvgIpc) is 3.10. The number of methoxy groups -OCH3 is 1. The average molecular weight is 455 g/mol. The molecular weight excluding hydrogens is 429 g/mol. The number of amides is 1. The number of hydrogen-bond acceptors (Lipinski definition) is 7. The highest BCUT2D eigenvalue weighted by Crippen LogP contribution is 2.40. The maximum absolute atomic E-state index is 14.0. The molecule has 0 radical (unpaired) electrons. The van der Waals surface area contributed by atoms with Gasteiger partial charge in [0.25, 0.3) is 11.7 Å². The van der Waals surface area contributed by atoms with Crippen molar-refractivity contribution >= 4 is 17.4 Å². The van der Waals surface area contributed by atoms with E-state index in [9.17, 15) is 19.1 Å². The number of ether oxygens (including phenoxy) is 2. The second kappa shape index (κ2) is 10.1. The zero-order chi connectivity index (χ0) is 23.4. The van der Waals surface area contributed by atoms with Crippen LogP contribution in [0.2, 0.25) is 0 Å². The molecule has 0 spiro atoms. The molecule has 2 saturated heterocycles. The number of aromatic nitrogens is 1. The highest BCUT2D eigenvalue weighted by atomic mass is 19.1. The fourth-order valence-corrected chi connectivity index (χ4v) is 4.29. The van der Waals surface area contributed by atoms with E-state index in [2.05, 4.69) is 9.88 Å². The quantitative estimate of drug-likeness (QED) is 0.389. The standard InChI is InChI=1S/C24H26FN3O5/c1-32-19-6-5-17(25)14-18(19)22(29)20-21(16-4-2-7-26-15-16)28(24(31)23(20)30)9-3-8-27-10-12-33-13-11-27/h2,4-7,14-15,21,29H,3,8-13H2,1H3/b22-20+. The van der Waals surface area contributed by atoms with Gasteiger partial charge in [0, 0.05) is 38.6 Å². The molecule has 33 heavy (non-hydrogen) atoms. The molecule has 1 unspecified atom stereocenters. The van der Waals surface area contributed by atoms with Crippen LogP contribution in [0.1, 0.15) is 23.6 Å². The summed E-state index contributed by atoms with van der Waals surface area (Å²) < 4.78 is 24.6. The Morgan fingerprint density at radius 2 is 2.03 bits per heavy atom. The van der Waals surface area contributed by atoms with Gasteiger partial charge < -0.3 is 19.5 Å². The van der Waals surface area contributed by atoms with Gasteiger partial charge >= 0.3 is 0 Å². The third-order valence-electron chi connectivity index (χ3n) is 5.93. The summed E-state index contributed by atoms with van der Waals surface area (Å²) >= 11 is 0. The van der Waals surface area contributed by atoms with E-state index >= 15 is 0 Å². The number of pyridine rings is 1. The van der Waals surface area contributed by atoms with Crippen molar-refractivity contribution in [1.29, 1.82) is 0 Å². The van der Waals surface area contributed by atoms with E-state index in [0.29, 0.717) is 31.7 Å². The first-order chi connectivity index (χ1) is 16.0. The Morgan fingerprint density at radius 3 is 2.73 bits per heavy atom. The van der Waals surface area contributed by atoms with E-state index in [1.54, 1.807) is 24.5 Å². The van der Waals surface area contributed by atoms with Gasteiger partial charge in [-0.2, -0.15) is 0 Å². The first kappa shape index (κ1) is 22.9. The number of nitrogens with zero attached hydrogens (tertiary/aromatic N) is 3. The monoisotopic (exact) mass is 455 g/mol. The Morgan fingerprint density at radius 1 is 1.24 bits per heavy atom. The summed E-state index contributed by atoms with van der Waals surface area (Å²) in [7, 11) is 1.38. The SMILES string of the molecule is COc1ccc(F)cc1/C(O)=C1\C(=O)C(=O)N(CCCN2CCOCC2)C1c1cccnc1. The number of halogens is 1. The van der Waals surface area contributed by atoms with Crippen LogP contribution in [0.15, 0.2) is 48.3 Å². The third kappa shape index (κ3) is 4.74. The molecule has 2 aliphatic heterocycles. The van der Waals surface area contributed by atoms with E-state index in [0.717, 1.165) is 25.7 Å². The molecular formula is C24H26FN3O5. The number of morpholine rings is 1. The maximum atomic E-state index is 14.0. The van der Waals surface area contributed by atoms with Crippen molar-refractivity contribution in [1.82, 2.24) is 14.8 Å². The molecule has 1 amide bonds.